The number of fused-ring (bicyclic) bond motifs is 6. The highest BCUT2D eigenvalue weighted by Gasteiger charge is 2.47. The number of hydrogen-bond acceptors (Lipinski definition) is 4. The van der Waals surface area contributed by atoms with Crippen LogP contribution in [0.15, 0.2) is 24.3 Å². The minimum Gasteiger partial charge on any atom is -0.415 e. The van der Waals surface area contributed by atoms with Crippen molar-refractivity contribution >= 4 is 16.6 Å². The summed E-state index contributed by atoms with van der Waals surface area (Å²) < 4.78 is 13.5. The molecule has 0 N–H and O–H groups in total. The van der Waals surface area contributed by atoms with Crippen molar-refractivity contribution in [1.29, 1.82) is 0 Å². The molecule has 226 valence electrons. The second-order valence-corrected chi connectivity index (χ2v) is 26.5. The first-order chi connectivity index (χ1) is 18.6. The first-order valence-corrected chi connectivity index (χ1v) is 22.2. The first kappa shape index (κ1) is 30.9. The predicted octanol–water partition coefficient (Wildman–Crippen LogP) is 8.09. The Morgan fingerprint density at radius 1 is 0.675 bits per heavy atom. The molecule has 6 heteroatoms. The summed E-state index contributed by atoms with van der Waals surface area (Å²) in [6.07, 6.45) is 5.31. The average molecular weight is 585 g/mol. The SMILES string of the molecule is CC(C)(C)[Si](C)(C)OC[C@@H]1C[C@@H]2CCN1C[C@@H]2c1ccccc1[C@H]1CN2CC[C@H]1C[C@H]2CO[Si](C)(C)C(C)(C)C. The molecule has 6 heterocycles. The van der Waals surface area contributed by atoms with Gasteiger partial charge in [0.05, 0.1) is 0 Å². The zero-order valence-electron chi connectivity index (χ0n) is 27.6. The molecule has 4 nitrogen and oxygen atoms in total. The third-order valence-corrected chi connectivity index (χ3v) is 21.4. The van der Waals surface area contributed by atoms with Crippen LogP contribution in [0.25, 0.3) is 0 Å². The summed E-state index contributed by atoms with van der Waals surface area (Å²) in [5, 5.41) is 0.561. The topological polar surface area (TPSA) is 24.9 Å². The highest BCUT2D eigenvalue weighted by Crippen LogP contribution is 2.49. The largest absolute Gasteiger partial charge is 0.415 e. The molecule has 6 aliphatic rings. The van der Waals surface area contributed by atoms with E-state index in [9.17, 15) is 0 Å². The third-order valence-electron chi connectivity index (χ3n) is 12.4. The summed E-state index contributed by atoms with van der Waals surface area (Å²) >= 11 is 0. The molecule has 7 rings (SSSR count). The third kappa shape index (κ3) is 6.10. The lowest BCUT2D eigenvalue weighted by Gasteiger charge is -2.53. The average Bonchev–Trinajstić information content (AvgIpc) is 2.90. The van der Waals surface area contributed by atoms with Crippen molar-refractivity contribution in [2.75, 3.05) is 39.4 Å². The molecule has 1 aromatic carbocycles. The van der Waals surface area contributed by atoms with Crippen LogP contribution >= 0.6 is 0 Å². The Hall–Kier alpha value is -0.506. The Balaban J connectivity index is 1.25. The number of rotatable bonds is 8. The van der Waals surface area contributed by atoms with Gasteiger partial charge < -0.3 is 8.85 Å². The van der Waals surface area contributed by atoms with Crippen molar-refractivity contribution in [2.45, 2.75) is 127 Å². The summed E-state index contributed by atoms with van der Waals surface area (Å²) in [6, 6.07) is 10.8. The van der Waals surface area contributed by atoms with Crippen LogP contribution in [0.5, 0.6) is 0 Å². The molecule has 4 bridgehead atoms. The van der Waals surface area contributed by atoms with Crippen molar-refractivity contribution in [2.24, 2.45) is 11.8 Å². The zero-order valence-corrected chi connectivity index (χ0v) is 29.6. The lowest BCUT2D eigenvalue weighted by molar-refractivity contribution is -0.000481. The number of nitrogens with zero attached hydrogens (tertiary/aromatic N) is 2. The second kappa shape index (κ2) is 11.2. The fourth-order valence-corrected chi connectivity index (χ4v) is 9.64. The fraction of sp³-hybridized carbons (Fsp3) is 0.824. The van der Waals surface area contributed by atoms with Crippen LogP contribution in [0.4, 0.5) is 0 Å². The Kier molecular flexibility index (Phi) is 8.67. The van der Waals surface area contributed by atoms with Gasteiger partial charge in [-0.2, -0.15) is 0 Å². The lowest BCUT2D eigenvalue weighted by atomic mass is 9.67. The van der Waals surface area contributed by atoms with Crippen molar-refractivity contribution in [3.05, 3.63) is 35.4 Å². The summed E-state index contributed by atoms with van der Waals surface area (Å²) in [7, 11) is -3.41. The minimum atomic E-state index is -1.71. The van der Waals surface area contributed by atoms with E-state index in [1.807, 2.05) is 0 Å². The van der Waals surface area contributed by atoms with Gasteiger partial charge in [-0.15, -0.1) is 0 Å². The van der Waals surface area contributed by atoms with Gasteiger partial charge in [-0.25, -0.2) is 0 Å². The van der Waals surface area contributed by atoms with Gasteiger partial charge in [0.2, 0.25) is 0 Å². The number of piperidine rings is 6. The quantitative estimate of drug-likeness (QED) is 0.288. The van der Waals surface area contributed by atoms with Gasteiger partial charge >= 0.3 is 0 Å². The normalized spacial score (nSPS) is 34.9. The molecule has 0 saturated carbocycles. The molecule has 6 fully saturated rings. The Bertz CT molecular complexity index is 949. The standard InChI is InChI=1S/C34H60N2O2Si2/c1-33(2,3)39(7,8)37-23-27-19-25-15-17-35(27)21-31(25)29-13-11-12-14-30(29)32-22-36-18-16-26(32)20-28(36)24-38-40(9,10)34(4,5)6/h11-14,25-28,31-32H,15-24H2,1-10H3/t25-,26-,27-,28-,31-,32-/m0/s1. The van der Waals surface area contributed by atoms with Gasteiger partial charge in [-0.05, 0) is 110 Å². The summed E-state index contributed by atoms with van der Waals surface area (Å²) in [5.41, 5.74) is 3.35. The van der Waals surface area contributed by atoms with Crippen LogP contribution in [0.2, 0.25) is 36.3 Å². The van der Waals surface area contributed by atoms with Gasteiger partial charge in [-0.3, -0.25) is 9.80 Å². The van der Waals surface area contributed by atoms with Crippen LogP contribution < -0.4 is 0 Å². The molecule has 6 aliphatic heterocycles. The lowest BCUT2D eigenvalue weighted by Crippen LogP contribution is -2.56. The molecular weight excluding hydrogens is 525 g/mol. The molecule has 0 aromatic heterocycles. The van der Waals surface area contributed by atoms with Gasteiger partial charge in [0, 0.05) is 38.4 Å². The monoisotopic (exact) mass is 584 g/mol. The van der Waals surface area contributed by atoms with Crippen molar-refractivity contribution in [1.82, 2.24) is 9.80 Å². The Morgan fingerprint density at radius 3 is 1.35 bits per heavy atom. The summed E-state index contributed by atoms with van der Waals surface area (Å²) in [4.78, 5) is 5.58. The molecule has 0 spiro atoms. The first-order valence-electron chi connectivity index (χ1n) is 16.4. The molecule has 6 saturated heterocycles. The van der Waals surface area contributed by atoms with Crippen LogP contribution in [-0.2, 0) is 8.85 Å². The van der Waals surface area contributed by atoms with E-state index in [0.29, 0.717) is 23.9 Å². The van der Waals surface area contributed by atoms with E-state index in [1.165, 1.54) is 51.9 Å². The molecule has 40 heavy (non-hydrogen) atoms. The maximum Gasteiger partial charge on any atom is 0.192 e. The molecule has 2 unspecified atom stereocenters. The fourth-order valence-electron chi connectivity index (χ4n) is 7.56. The maximum absolute atomic E-state index is 6.73. The molecule has 1 aromatic rings. The highest BCUT2D eigenvalue weighted by molar-refractivity contribution is 6.74. The van der Waals surface area contributed by atoms with Crippen LogP contribution in [0, 0.1) is 11.8 Å². The van der Waals surface area contributed by atoms with Gasteiger partial charge in [0.1, 0.15) is 0 Å². The van der Waals surface area contributed by atoms with Crippen LogP contribution in [0.3, 0.4) is 0 Å². The van der Waals surface area contributed by atoms with Crippen molar-refractivity contribution in [3.63, 3.8) is 0 Å². The Labute approximate surface area is 248 Å². The molecule has 0 radical (unpaired) electrons. The smallest absolute Gasteiger partial charge is 0.192 e. The van der Waals surface area contributed by atoms with Crippen molar-refractivity contribution < 1.29 is 8.85 Å². The molecular formula is C34H60N2O2Si2. The van der Waals surface area contributed by atoms with Gasteiger partial charge in [-0.1, -0.05) is 65.8 Å². The second-order valence-electron chi connectivity index (χ2n) is 16.9. The van der Waals surface area contributed by atoms with E-state index in [2.05, 4.69) is 102 Å². The van der Waals surface area contributed by atoms with E-state index in [4.69, 9.17) is 8.85 Å². The predicted molar refractivity (Wildman–Crippen MR) is 174 cm³/mol. The number of benzene rings is 1. The van der Waals surface area contributed by atoms with Crippen LogP contribution in [0.1, 0.15) is 90.2 Å². The van der Waals surface area contributed by atoms with Crippen LogP contribution in [-0.4, -0.2) is 77.9 Å². The van der Waals surface area contributed by atoms with Crippen molar-refractivity contribution in [3.8, 4) is 0 Å². The highest BCUT2D eigenvalue weighted by atomic mass is 28.4. The van der Waals surface area contributed by atoms with E-state index < -0.39 is 16.6 Å². The molecule has 8 atom stereocenters. The van der Waals surface area contributed by atoms with Gasteiger partial charge in [0.25, 0.3) is 0 Å². The van der Waals surface area contributed by atoms with Gasteiger partial charge in [0.15, 0.2) is 16.6 Å². The maximum atomic E-state index is 6.73. The summed E-state index contributed by atoms with van der Waals surface area (Å²) in [5.74, 6) is 2.96. The molecule has 0 aliphatic carbocycles. The Morgan fingerprint density at radius 2 is 1.05 bits per heavy atom. The van der Waals surface area contributed by atoms with E-state index >= 15 is 0 Å². The van der Waals surface area contributed by atoms with E-state index in [-0.39, 0.29) is 10.1 Å². The van der Waals surface area contributed by atoms with E-state index in [1.54, 1.807) is 11.1 Å². The molecule has 0 amide bonds. The summed E-state index contributed by atoms with van der Waals surface area (Å²) in [6.45, 7) is 30.6. The minimum absolute atomic E-state index is 0.281. The van der Waals surface area contributed by atoms with E-state index in [0.717, 1.165) is 25.0 Å². The zero-order chi connectivity index (χ0) is 29.1. The number of hydrogen-bond donors (Lipinski definition) is 0.